The first-order valence-corrected chi connectivity index (χ1v) is 7.73. The molecule has 0 amide bonds. The number of esters is 1. The molecule has 0 atom stereocenters. The molecule has 3 nitrogen and oxygen atoms in total. The van der Waals surface area contributed by atoms with Gasteiger partial charge < -0.3 is 12.2 Å². The molecule has 0 fully saturated rings. The number of hydrogen-bond acceptors (Lipinski definition) is 2. The Labute approximate surface area is 164 Å². The van der Waals surface area contributed by atoms with Gasteiger partial charge in [-0.15, -0.1) is 0 Å². The van der Waals surface area contributed by atoms with Crippen LogP contribution < -0.4 is 0 Å². The molecule has 0 unspecified atom stereocenters. The molecule has 4 heteroatoms. The van der Waals surface area contributed by atoms with Gasteiger partial charge in [0.1, 0.15) is 5.76 Å². The number of ether oxygens (including phenoxy) is 1. The van der Waals surface area contributed by atoms with E-state index < -0.39 is 0 Å². The average molecular weight is 387 g/mol. The molecular weight excluding hydrogens is 356 g/mol. The van der Waals surface area contributed by atoms with Crippen LogP contribution in [-0.2, 0) is 31.3 Å². The molecule has 0 spiro atoms. The van der Waals surface area contributed by atoms with Crippen LogP contribution in [0.2, 0.25) is 0 Å². The third kappa shape index (κ3) is 13.6. The van der Waals surface area contributed by atoms with Gasteiger partial charge in [-0.3, -0.25) is 4.79 Å². The molecule has 0 aromatic heterocycles. The second-order valence-electron chi connectivity index (χ2n) is 7.27. The van der Waals surface area contributed by atoms with Crippen molar-refractivity contribution in [3.63, 3.8) is 0 Å². The normalized spacial score (nSPS) is 18.2. The number of carbonyl (C=O) groups excluding carboxylic acids is 1. The summed E-state index contributed by atoms with van der Waals surface area (Å²) >= 11 is 0. The van der Waals surface area contributed by atoms with E-state index in [1.807, 2.05) is 18.2 Å². The molecule has 0 bridgehead atoms. The monoisotopic (exact) mass is 387 g/mol. The van der Waals surface area contributed by atoms with Crippen LogP contribution in [0.5, 0.6) is 0 Å². The van der Waals surface area contributed by atoms with Crippen LogP contribution in [0.15, 0.2) is 47.8 Å². The molecule has 25 heavy (non-hydrogen) atoms. The van der Waals surface area contributed by atoms with Crippen LogP contribution in [0.4, 0.5) is 0 Å². The third-order valence-corrected chi connectivity index (χ3v) is 3.38. The molecule has 0 N–H and O–H groups in total. The Morgan fingerprint density at radius 1 is 1.20 bits per heavy atom. The van der Waals surface area contributed by atoms with Crippen LogP contribution in [0, 0.1) is 24.9 Å². The van der Waals surface area contributed by atoms with Gasteiger partial charge in [0.05, 0.1) is 0 Å². The summed E-state index contributed by atoms with van der Waals surface area (Å²) in [6, 6.07) is 0. The first-order valence-electron chi connectivity index (χ1n) is 7.73. The minimum atomic E-state index is -0.261. The van der Waals surface area contributed by atoms with Gasteiger partial charge in [0.15, 0.2) is 0 Å². The molecule has 0 saturated heterocycles. The number of carbonyl (C=O) groups is 1. The van der Waals surface area contributed by atoms with E-state index in [9.17, 15) is 4.79 Å². The molecule has 0 aromatic carbocycles. The van der Waals surface area contributed by atoms with Crippen LogP contribution in [-0.4, -0.2) is 5.97 Å². The predicted octanol–water partition coefficient (Wildman–Crippen LogP) is 5.75. The largest absolute Gasteiger partial charge is 0.358 e. The maximum Gasteiger partial charge on any atom is 0 e. The van der Waals surface area contributed by atoms with Crippen molar-refractivity contribution in [3.05, 3.63) is 61.9 Å². The quantitative estimate of drug-likeness (QED) is 0.249. The zero-order valence-corrected chi connectivity index (χ0v) is 17.6. The van der Waals surface area contributed by atoms with E-state index in [4.69, 9.17) is 9.39 Å². The number of allylic oxidation sites excluding steroid dienone is 7. The van der Waals surface area contributed by atoms with E-state index in [1.54, 1.807) is 0 Å². The Hall–Kier alpha value is -1.31. The summed E-state index contributed by atoms with van der Waals surface area (Å²) in [4.78, 5) is 10.6. The first-order chi connectivity index (χ1) is 10.6. The van der Waals surface area contributed by atoms with Gasteiger partial charge in [-0.25, -0.2) is 0 Å². The van der Waals surface area contributed by atoms with Gasteiger partial charge >= 0.3 is 17.3 Å². The minimum absolute atomic E-state index is 0. The minimum Gasteiger partial charge on any atom is -0.358 e. The van der Waals surface area contributed by atoms with Crippen molar-refractivity contribution >= 4 is 5.97 Å². The molecule has 2 rings (SSSR count). The molecule has 0 saturated carbocycles. The van der Waals surface area contributed by atoms with Gasteiger partial charge in [0.2, 0.25) is 0 Å². The Kier molecular flexibility index (Phi) is 14.8. The van der Waals surface area contributed by atoms with Crippen molar-refractivity contribution in [2.75, 3.05) is 0 Å². The standard InChI is InChI=1S/C10H14O2.C9H14.CO.CH3.Fe/c1-8(11)12-9-5-4-6-10(2,3)7-9;1-8-5-4-6-9(2,3)7-8;1-2;;/h4-5,7H,6H2,1-3H3;4-6H,7H2,1-3H3;;1H3;/q;;;-1;. The molecular formula is C21H31FeO3-. The molecule has 0 radical (unpaired) electrons. The fraction of sp³-hybridized carbons (Fsp3) is 0.476. The zero-order chi connectivity index (χ0) is 18.1. The summed E-state index contributed by atoms with van der Waals surface area (Å²) in [5.41, 5.74) is 2.00. The predicted molar refractivity (Wildman–Crippen MR) is 99.0 cm³/mol. The molecule has 0 heterocycles. The smallest absolute Gasteiger partial charge is 0 e. The van der Waals surface area contributed by atoms with Crippen molar-refractivity contribution < 1.29 is 31.3 Å². The molecule has 0 aromatic rings. The van der Waals surface area contributed by atoms with Crippen molar-refractivity contribution in [2.24, 2.45) is 10.8 Å². The summed E-state index contributed by atoms with van der Waals surface area (Å²) in [6.45, 7) is 16.8. The van der Waals surface area contributed by atoms with Crippen LogP contribution in [0.1, 0.15) is 54.4 Å². The van der Waals surface area contributed by atoms with Crippen molar-refractivity contribution in [1.29, 1.82) is 0 Å². The van der Waals surface area contributed by atoms with E-state index in [2.05, 4.69) is 59.5 Å². The summed E-state index contributed by atoms with van der Waals surface area (Å²) in [5, 5.41) is 0. The third-order valence-electron chi connectivity index (χ3n) is 3.38. The van der Waals surface area contributed by atoms with Crippen molar-refractivity contribution in [2.45, 2.75) is 54.4 Å². The molecule has 2 aliphatic rings. The first kappa shape index (κ1) is 28.5. The average Bonchev–Trinajstić information content (AvgIpc) is 2.38. The second kappa shape index (κ2) is 13.0. The second-order valence-corrected chi connectivity index (χ2v) is 7.27. The van der Waals surface area contributed by atoms with Gasteiger partial charge in [0.25, 0.3) is 0 Å². The maximum absolute atomic E-state index is 10.6. The summed E-state index contributed by atoms with van der Waals surface area (Å²) in [6.07, 6.45) is 14.7. The Balaban J connectivity index is -0.000000336. The fourth-order valence-corrected chi connectivity index (χ4v) is 2.51. The van der Waals surface area contributed by atoms with E-state index >= 15 is 0 Å². The van der Waals surface area contributed by atoms with Gasteiger partial charge in [0, 0.05) is 24.0 Å². The summed E-state index contributed by atoms with van der Waals surface area (Å²) in [5.74, 6) is 0.405. The molecule has 0 aliphatic heterocycles. The zero-order valence-electron chi connectivity index (χ0n) is 16.5. The van der Waals surface area contributed by atoms with Crippen LogP contribution >= 0.6 is 0 Å². The fourth-order valence-electron chi connectivity index (χ4n) is 2.51. The molecule has 142 valence electrons. The number of hydrogen-bond donors (Lipinski definition) is 0. The Morgan fingerprint density at radius 3 is 2.12 bits per heavy atom. The van der Waals surface area contributed by atoms with Crippen LogP contribution in [0.25, 0.3) is 0 Å². The SMILES string of the molecule is CC(=O)OC1=CC(C)(C)CC=C1.CC1=CC=CC(C)(C)C1.[C-]#[O+].[CH3-].[Fe]. The van der Waals surface area contributed by atoms with Gasteiger partial charge in [-0.1, -0.05) is 57.6 Å². The Morgan fingerprint density at radius 2 is 1.76 bits per heavy atom. The van der Waals surface area contributed by atoms with Crippen molar-refractivity contribution in [3.8, 4) is 0 Å². The number of rotatable bonds is 1. The summed E-state index contributed by atoms with van der Waals surface area (Å²) in [7, 11) is 0. The van der Waals surface area contributed by atoms with E-state index in [0.717, 1.165) is 6.42 Å². The van der Waals surface area contributed by atoms with E-state index in [1.165, 1.54) is 18.9 Å². The van der Waals surface area contributed by atoms with E-state index in [-0.39, 0.29) is 35.9 Å². The van der Waals surface area contributed by atoms with Gasteiger partial charge in [-0.05, 0) is 42.7 Å². The topological polar surface area (TPSA) is 46.2 Å². The van der Waals surface area contributed by atoms with Crippen molar-refractivity contribution in [1.82, 2.24) is 0 Å². The van der Waals surface area contributed by atoms with Gasteiger partial charge in [-0.2, -0.15) is 0 Å². The molecule has 2 aliphatic carbocycles. The maximum atomic E-state index is 10.6. The Bertz CT molecular complexity index is 547. The van der Waals surface area contributed by atoms with Crippen LogP contribution in [0.3, 0.4) is 0 Å². The van der Waals surface area contributed by atoms with E-state index in [0.29, 0.717) is 11.2 Å². The summed E-state index contributed by atoms with van der Waals surface area (Å²) < 4.78 is 12.5.